The van der Waals surface area contributed by atoms with E-state index in [9.17, 15) is 0 Å². The van der Waals surface area contributed by atoms with Crippen molar-refractivity contribution < 1.29 is 0 Å². The van der Waals surface area contributed by atoms with Crippen LogP contribution in [0.4, 0.5) is 11.4 Å². The number of nitriles is 1. The molecular weight excluding hydrogens is 326 g/mol. The normalized spacial score (nSPS) is 15.7. The minimum absolute atomic E-state index is 0.247. The van der Waals surface area contributed by atoms with Crippen LogP contribution in [-0.4, -0.2) is 33.7 Å². The molecule has 1 aliphatic rings. The van der Waals surface area contributed by atoms with Gasteiger partial charge in [-0.25, -0.2) is 0 Å². The summed E-state index contributed by atoms with van der Waals surface area (Å²) in [4.78, 5) is 2.34. The molecule has 0 spiro atoms. The van der Waals surface area contributed by atoms with E-state index in [-0.39, 0.29) is 11.4 Å². The molecule has 7 nitrogen and oxygen atoms in total. The van der Waals surface area contributed by atoms with Gasteiger partial charge in [-0.05, 0) is 36.3 Å². The molecule has 1 aromatic heterocycles. The van der Waals surface area contributed by atoms with Gasteiger partial charge in [-0.1, -0.05) is 24.4 Å². The number of allylic oxidation sites excluding steroid dienone is 1. The molecule has 24 heavy (non-hydrogen) atoms. The van der Waals surface area contributed by atoms with E-state index in [1.165, 1.54) is 25.7 Å². The molecule has 1 aliphatic heterocycles. The summed E-state index contributed by atoms with van der Waals surface area (Å²) in [5.41, 5.74) is 2.15. The Morgan fingerprint density at radius 1 is 1.29 bits per heavy atom. The highest BCUT2D eigenvalue weighted by atomic mass is 35.5. The van der Waals surface area contributed by atoms with Crippen molar-refractivity contribution in [1.29, 1.82) is 5.26 Å². The van der Waals surface area contributed by atoms with E-state index < -0.39 is 0 Å². The molecule has 0 amide bonds. The van der Waals surface area contributed by atoms with Crippen molar-refractivity contribution in [1.82, 2.24) is 20.6 Å². The predicted molar refractivity (Wildman–Crippen MR) is 93.5 cm³/mol. The number of nitrogens with zero attached hydrogens (tertiary/aromatic N) is 5. The maximum atomic E-state index is 9.16. The van der Waals surface area contributed by atoms with Crippen LogP contribution in [-0.2, 0) is 0 Å². The molecule has 0 atom stereocenters. The summed E-state index contributed by atoms with van der Waals surface area (Å²) in [7, 11) is 0. The van der Waals surface area contributed by atoms with Crippen LogP contribution in [0.15, 0.2) is 24.4 Å². The summed E-state index contributed by atoms with van der Waals surface area (Å²) in [6, 6.07) is 7.87. The molecule has 2 N–H and O–H groups in total. The fraction of sp³-hybridized carbons (Fsp3) is 0.375. The summed E-state index contributed by atoms with van der Waals surface area (Å²) in [5.74, 6) is 0.247. The van der Waals surface area contributed by atoms with E-state index in [1.807, 2.05) is 24.3 Å². The number of nitrogens with one attached hydrogen (secondary N) is 2. The van der Waals surface area contributed by atoms with E-state index in [0.717, 1.165) is 24.5 Å². The van der Waals surface area contributed by atoms with Gasteiger partial charge in [-0.2, -0.15) is 10.5 Å². The highest BCUT2D eigenvalue weighted by Gasteiger charge is 2.13. The fourth-order valence-electron chi connectivity index (χ4n) is 2.74. The Morgan fingerprint density at radius 2 is 2.08 bits per heavy atom. The Morgan fingerprint density at radius 3 is 2.71 bits per heavy atom. The molecule has 124 valence electrons. The molecule has 1 saturated heterocycles. The Labute approximate surface area is 145 Å². The van der Waals surface area contributed by atoms with Crippen LogP contribution in [0.2, 0.25) is 5.02 Å². The number of rotatable bonds is 4. The van der Waals surface area contributed by atoms with Crippen LogP contribution in [0, 0.1) is 11.3 Å². The smallest absolute Gasteiger partial charge is 0.216 e. The highest BCUT2D eigenvalue weighted by molar-refractivity contribution is 6.33. The van der Waals surface area contributed by atoms with Gasteiger partial charge >= 0.3 is 0 Å². The third-order valence-electron chi connectivity index (χ3n) is 3.98. The number of benzene rings is 1. The standard InChI is InChI=1S/C16H18ClN7/c17-14-9-13(19-11-12(10-18)16-20-22-23-21-16)5-6-15(14)24-7-3-1-2-4-8-24/h5-6,9,11,19H,1-4,7-8H2,(H,20,21,22,23). The summed E-state index contributed by atoms with van der Waals surface area (Å²) in [6.07, 6.45) is 6.52. The lowest BCUT2D eigenvalue weighted by Crippen LogP contribution is -2.24. The van der Waals surface area contributed by atoms with E-state index >= 15 is 0 Å². The summed E-state index contributed by atoms with van der Waals surface area (Å²) >= 11 is 6.46. The van der Waals surface area contributed by atoms with E-state index in [0.29, 0.717) is 5.02 Å². The maximum Gasteiger partial charge on any atom is 0.216 e. The molecule has 1 fully saturated rings. The molecular formula is C16H18ClN7. The van der Waals surface area contributed by atoms with Crippen LogP contribution in [0.25, 0.3) is 5.57 Å². The number of hydrogen-bond acceptors (Lipinski definition) is 6. The fourth-order valence-corrected chi connectivity index (χ4v) is 3.04. The van der Waals surface area contributed by atoms with Gasteiger partial charge in [0.15, 0.2) is 0 Å². The number of hydrogen-bond donors (Lipinski definition) is 2. The zero-order valence-corrected chi connectivity index (χ0v) is 13.9. The first kappa shape index (κ1) is 16.3. The molecule has 0 saturated carbocycles. The third-order valence-corrected chi connectivity index (χ3v) is 4.29. The second kappa shape index (κ2) is 7.79. The predicted octanol–water partition coefficient (Wildman–Crippen LogP) is 3.21. The molecule has 0 bridgehead atoms. The lowest BCUT2D eigenvalue weighted by Gasteiger charge is -2.24. The first-order valence-electron chi connectivity index (χ1n) is 7.93. The minimum Gasteiger partial charge on any atom is -0.370 e. The summed E-state index contributed by atoms with van der Waals surface area (Å²) in [5, 5.41) is 26.3. The van der Waals surface area contributed by atoms with Crippen molar-refractivity contribution >= 4 is 28.5 Å². The highest BCUT2D eigenvalue weighted by Crippen LogP contribution is 2.30. The number of halogens is 1. The summed E-state index contributed by atoms with van der Waals surface area (Å²) < 4.78 is 0. The van der Waals surface area contributed by atoms with Crippen LogP contribution < -0.4 is 10.2 Å². The van der Waals surface area contributed by atoms with Crippen molar-refractivity contribution in [3.05, 3.63) is 35.2 Å². The van der Waals surface area contributed by atoms with E-state index in [4.69, 9.17) is 16.9 Å². The average molecular weight is 344 g/mol. The average Bonchev–Trinajstić information content (AvgIpc) is 2.98. The van der Waals surface area contributed by atoms with Crippen LogP contribution in [0.1, 0.15) is 31.5 Å². The zero-order chi connectivity index (χ0) is 16.8. The third kappa shape index (κ3) is 3.84. The largest absolute Gasteiger partial charge is 0.370 e. The van der Waals surface area contributed by atoms with Crippen LogP contribution in [0.5, 0.6) is 0 Å². The quantitative estimate of drug-likeness (QED) is 0.828. The van der Waals surface area contributed by atoms with Gasteiger partial charge in [0.1, 0.15) is 11.6 Å². The first-order chi connectivity index (χ1) is 11.8. The molecule has 0 radical (unpaired) electrons. The van der Waals surface area contributed by atoms with Gasteiger partial charge in [0, 0.05) is 25.0 Å². The van der Waals surface area contributed by atoms with Crippen molar-refractivity contribution in [2.45, 2.75) is 25.7 Å². The lowest BCUT2D eigenvalue weighted by molar-refractivity contribution is 0.726. The number of aromatic amines is 1. The van der Waals surface area contributed by atoms with E-state index in [1.54, 1.807) is 6.20 Å². The van der Waals surface area contributed by atoms with Gasteiger partial charge in [0.05, 0.1) is 10.7 Å². The van der Waals surface area contributed by atoms with Gasteiger partial charge in [-0.15, -0.1) is 10.2 Å². The van der Waals surface area contributed by atoms with Crippen molar-refractivity contribution in [2.24, 2.45) is 0 Å². The van der Waals surface area contributed by atoms with Crippen LogP contribution in [0.3, 0.4) is 0 Å². The van der Waals surface area contributed by atoms with Crippen molar-refractivity contribution in [2.75, 3.05) is 23.3 Å². The molecule has 2 aromatic rings. The number of anilines is 2. The van der Waals surface area contributed by atoms with Gasteiger partial charge in [0.2, 0.25) is 5.82 Å². The van der Waals surface area contributed by atoms with Crippen molar-refractivity contribution in [3.8, 4) is 6.07 Å². The maximum absolute atomic E-state index is 9.16. The molecule has 8 heteroatoms. The second-order valence-corrected chi connectivity index (χ2v) is 6.02. The molecule has 3 rings (SSSR count). The Hall–Kier alpha value is -2.59. The summed E-state index contributed by atoms with van der Waals surface area (Å²) in [6.45, 7) is 2.09. The van der Waals surface area contributed by atoms with Gasteiger partial charge in [-0.3, -0.25) is 0 Å². The Bertz CT molecular complexity index is 740. The molecule has 2 heterocycles. The second-order valence-electron chi connectivity index (χ2n) is 5.62. The van der Waals surface area contributed by atoms with E-state index in [2.05, 4.69) is 30.8 Å². The first-order valence-corrected chi connectivity index (χ1v) is 8.31. The molecule has 0 aliphatic carbocycles. The number of tetrazole rings is 1. The Balaban J connectivity index is 1.74. The minimum atomic E-state index is 0.247. The van der Waals surface area contributed by atoms with Crippen LogP contribution >= 0.6 is 11.6 Å². The monoisotopic (exact) mass is 343 g/mol. The number of H-pyrrole nitrogens is 1. The SMILES string of the molecule is N#CC(=CNc1ccc(N2CCCCCC2)c(Cl)c1)c1nn[nH]n1. The lowest BCUT2D eigenvalue weighted by atomic mass is 10.2. The Kier molecular flexibility index (Phi) is 5.29. The molecule has 1 aromatic carbocycles. The number of aromatic nitrogens is 4. The van der Waals surface area contributed by atoms with Crippen molar-refractivity contribution in [3.63, 3.8) is 0 Å². The molecule has 0 unspecified atom stereocenters. The van der Waals surface area contributed by atoms with Gasteiger partial charge in [0.25, 0.3) is 0 Å². The van der Waals surface area contributed by atoms with Gasteiger partial charge < -0.3 is 10.2 Å². The topological polar surface area (TPSA) is 93.5 Å². The zero-order valence-electron chi connectivity index (χ0n) is 13.2.